The van der Waals surface area contributed by atoms with Gasteiger partial charge in [-0.25, -0.2) is 0 Å². The van der Waals surface area contributed by atoms with Crippen molar-refractivity contribution in [2.45, 2.75) is 24.9 Å². The summed E-state index contributed by atoms with van der Waals surface area (Å²) >= 11 is 0. The summed E-state index contributed by atoms with van der Waals surface area (Å²) in [5, 5.41) is 4.25. The van der Waals surface area contributed by atoms with E-state index in [0.29, 0.717) is 18.6 Å². The second kappa shape index (κ2) is 6.58. The van der Waals surface area contributed by atoms with Gasteiger partial charge in [0.25, 0.3) is 0 Å². The average molecular weight is 293 g/mol. The summed E-state index contributed by atoms with van der Waals surface area (Å²) in [4.78, 5) is 18.3. The number of likely N-dealkylation sites (N-methyl/N-ethyl adjacent to an activating group) is 2. The second-order valence-corrected chi connectivity index (χ2v) is 6.37. The van der Waals surface area contributed by atoms with Crippen molar-refractivity contribution in [1.82, 2.24) is 24.5 Å². The zero-order chi connectivity index (χ0) is 15.6. The maximum atomic E-state index is 12.0. The van der Waals surface area contributed by atoms with Gasteiger partial charge < -0.3 is 9.80 Å². The van der Waals surface area contributed by atoms with Crippen molar-refractivity contribution in [2.24, 2.45) is 7.05 Å². The van der Waals surface area contributed by atoms with Gasteiger partial charge in [0.2, 0.25) is 5.91 Å². The Kier molecular flexibility index (Phi) is 5.00. The molecule has 0 saturated carbocycles. The summed E-state index contributed by atoms with van der Waals surface area (Å²) in [5.41, 5.74) is 1.23. The number of nitrogens with zero attached hydrogens (tertiary/aromatic N) is 5. The molecule has 1 fully saturated rings. The van der Waals surface area contributed by atoms with Gasteiger partial charge in [0.05, 0.1) is 12.7 Å². The van der Waals surface area contributed by atoms with Crippen LogP contribution in [0.2, 0.25) is 0 Å². The van der Waals surface area contributed by atoms with Crippen LogP contribution < -0.4 is 0 Å². The average Bonchev–Trinajstić information content (AvgIpc) is 2.97. The predicted molar refractivity (Wildman–Crippen MR) is 83.1 cm³/mol. The highest BCUT2D eigenvalue weighted by Crippen LogP contribution is 2.24. The van der Waals surface area contributed by atoms with Crippen LogP contribution in [-0.2, 0) is 18.3 Å². The van der Waals surface area contributed by atoms with Gasteiger partial charge >= 0.3 is 0 Å². The van der Waals surface area contributed by atoms with E-state index in [-0.39, 0.29) is 5.91 Å². The number of likely N-dealkylation sites (tertiary alicyclic amines) is 1. The number of amides is 1. The highest BCUT2D eigenvalue weighted by Gasteiger charge is 2.36. The Hall–Kier alpha value is -1.40. The van der Waals surface area contributed by atoms with Crippen LogP contribution in [0.3, 0.4) is 0 Å². The van der Waals surface area contributed by atoms with Crippen molar-refractivity contribution >= 4 is 5.91 Å². The summed E-state index contributed by atoms with van der Waals surface area (Å²) in [7, 11) is 9.82. The highest BCUT2D eigenvalue weighted by molar-refractivity contribution is 5.77. The Morgan fingerprint density at radius 3 is 2.62 bits per heavy atom. The standard InChI is InChI=1S/C15H27N5O/c1-17(2)13-6-7-20(11-15(21)18(3)4)14(13)8-12-9-16-19(5)10-12/h9-10,13-14H,6-8,11H2,1-5H3/t13-,14+/m1/s1. The van der Waals surface area contributed by atoms with Gasteiger partial charge in [-0.05, 0) is 32.5 Å². The smallest absolute Gasteiger partial charge is 0.236 e. The normalized spacial score (nSPS) is 23.0. The molecule has 0 aliphatic carbocycles. The Labute approximate surface area is 127 Å². The Bertz CT molecular complexity index is 482. The Balaban J connectivity index is 2.10. The quantitative estimate of drug-likeness (QED) is 0.770. The molecule has 0 spiro atoms. The van der Waals surface area contributed by atoms with Gasteiger partial charge in [0.15, 0.2) is 0 Å². The molecule has 1 amide bonds. The van der Waals surface area contributed by atoms with E-state index < -0.39 is 0 Å². The largest absolute Gasteiger partial charge is 0.348 e. The van der Waals surface area contributed by atoms with Gasteiger partial charge in [-0.2, -0.15) is 5.10 Å². The van der Waals surface area contributed by atoms with Crippen molar-refractivity contribution in [3.8, 4) is 0 Å². The SMILES string of the molecule is CN(C)C(=O)CN1CC[C@@H](N(C)C)[C@@H]1Cc1cnn(C)c1. The number of aryl methyl sites for hydroxylation is 1. The zero-order valence-electron chi connectivity index (χ0n) is 13.8. The number of hydrogen-bond donors (Lipinski definition) is 0. The van der Waals surface area contributed by atoms with E-state index in [0.717, 1.165) is 19.4 Å². The summed E-state index contributed by atoms with van der Waals surface area (Å²) in [6, 6.07) is 0.855. The first kappa shape index (κ1) is 16.0. The summed E-state index contributed by atoms with van der Waals surface area (Å²) in [5.74, 6) is 0.172. The summed E-state index contributed by atoms with van der Waals surface area (Å²) in [6.45, 7) is 1.48. The van der Waals surface area contributed by atoms with Crippen LogP contribution in [-0.4, -0.2) is 83.8 Å². The van der Waals surface area contributed by atoms with Crippen molar-refractivity contribution in [3.63, 3.8) is 0 Å². The molecule has 1 aliphatic rings. The first-order chi connectivity index (χ1) is 9.88. The van der Waals surface area contributed by atoms with Gasteiger partial charge in [-0.3, -0.25) is 14.4 Å². The number of rotatable bonds is 5. The fourth-order valence-corrected chi connectivity index (χ4v) is 3.10. The van der Waals surface area contributed by atoms with Gasteiger partial charge in [-0.1, -0.05) is 0 Å². The van der Waals surface area contributed by atoms with Crippen LogP contribution >= 0.6 is 0 Å². The van der Waals surface area contributed by atoms with Crippen LogP contribution in [0.15, 0.2) is 12.4 Å². The third-order valence-corrected chi connectivity index (χ3v) is 4.33. The molecule has 0 bridgehead atoms. The molecule has 21 heavy (non-hydrogen) atoms. The third kappa shape index (κ3) is 3.83. The van der Waals surface area contributed by atoms with Crippen LogP contribution in [0.5, 0.6) is 0 Å². The minimum Gasteiger partial charge on any atom is -0.348 e. The minimum atomic E-state index is 0.172. The molecule has 1 saturated heterocycles. The van der Waals surface area contributed by atoms with E-state index in [1.54, 1.807) is 4.90 Å². The first-order valence-corrected chi connectivity index (χ1v) is 7.46. The van der Waals surface area contributed by atoms with Gasteiger partial charge in [0, 0.05) is 46.0 Å². The Morgan fingerprint density at radius 2 is 2.10 bits per heavy atom. The molecule has 1 aliphatic heterocycles. The van der Waals surface area contributed by atoms with Crippen molar-refractivity contribution in [1.29, 1.82) is 0 Å². The molecule has 6 heteroatoms. The lowest BCUT2D eigenvalue weighted by molar-refractivity contribution is -0.130. The lowest BCUT2D eigenvalue weighted by atomic mass is 10.0. The van der Waals surface area contributed by atoms with Crippen molar-refractivity contribution in [3.05, 3.63) is 18.0 Å². The lowest BCUT2D eigenvalue weighted by Gasteiger charge is -2.31. The maximum absolute atomic E-state index is 12.0. The second-order valence-electron chi connectivity index (χ2n) is 6.37. The summed E-state index contributed by atoms with van der Waals surface area (Å²) < 4.78 is 1.84. The zero-order valence-corrected chi connectivity index (χ0v) is 13.8. The number of hydrogen-bond acceptors (Lipinski definition) is 4. The van der Waals surface area contributed by atoms with Gasteiger partial charge in [-0.15, -0.1) is 0 Å². The van der Waals surface area contributed by atoms with E-state index in [1.165, 1.54) is 5.56 Å². The molecule has 0 unspecified atom stereocenters. The number of carbonyl (C=O) groups excluding carboxylic acids is 1. The topological polar surface area (TPSA) is 44.6 Å². The molecule has 1 aromatic heterocycles. The molecule has 118 valence electrons. The fourth-order valence-electron chi connectivity index (χ4n) is 3.10. The number of aromatic nitrogens is 2. The van der Waals surface area contributed by atoms with E-state index in [2.05, 4.69) is 35.2 Å². The van der Waals surface area contributed by atoms with Crippen molar-refractivity contribution in [2.75, 3.05) is 41.3 Å². The molecule has 2 heterocycles. The molecular formula is C15H27N5O. The fraction of sp³-hybridized carbons (Fsp3) is 0.733. The van der Waals surface area contributed by atoms with Crippen LogP contribution in [0.1, 0.15) is 12.0 Å². The van der Waals surface area contributed by atoms with Crippen molar-refractivity contribution < 1.29 is 4.79 Å². The van der Waals surface area contributed by atoms with E-state index >= 15 is 0 Å². The Morgan fingerprint density at radius 1 is 1.38 bits per heavy atom. The molecule has 2 rings (SSSR count). The molecule has 6 nitrogen and oxygen atoms in total. The number of carbonyl (C=O) groups is 1. The molecular weight excluding hydrogens is 266 g/mol. The minimum absolute atomic E-state index is 0.172. The van der Waals surface area contributed by atoms with Crippen LogP contribution in [0, 0.1) is 0 Å². The van der Waals surface area contributed by atoms with Gasteiger partial charge in [0.1, 0.15) is 0 Å². The molecule has 0 radical (unpaired) electrons. The highest BCUT2D eigenvalue weighted by atomic mass is 16.2. The predicted octanol–water partition coefficient (Wildman–Crippen LogP) is 0.0553. The molecule has 2 atom stereocenters. The lowest BCUT2D eigenvalue weighted by Crippen LogP contribution is -2.46. The van der Waals surface area contributed by atoms with E-state index in [4.69, 9.17) is 0 Å². The maximum Gasteiger partial charge on any atom is 0.236 e. The van der Waals surface area contributed by atoms with Crippen LogP contribution in [0.4, 0.5) is 0 Å². The third-order valence-electron chi connectivity index (χ3n) is 4.33. The molecule has 1 aromatic rings. The van der Waals surface area contributed by atoms with E-state index in [1.807, 2.05) is 32.0 Å². The monoisotopic (exact) mass is 293 g/mol. The van der Waals surface area contributed by atoms with Crippen LogP contribution in [0.25, 0.3) is 0 Å². The molecule has 0 N–H and O–H groups in total. The van der Waals surface area contributed by atoms with E-state index in [9.17, 15) is 4.79 Å². The first-order valence-electron chi connectivity index (χ1n) is 7.46. The molecule has 0 aromatic carbocycles. The summed E-state index contributed by atoms with van der Waals surface area (Å²) in [6.07, 6.45) is 6.05.